The van der Waals surface area contributed by atoms with Crippen LogP contribution in [0.2, 0.25) is 5.02 Å². The molecule has 1 aromatic heterocycles. The number of hydrogen-bond donors (Lipinski definition) is 2. The van der Waals surface area contributed by atoms with E-state index in [4.69, 9.17) is 16.7 Å². The van der Waals surface area contributed by atoms with Crippen molar-refractivity contribution in [3.63, 3.8) is 0 Å². The van der Waals surface area contributed by atoms with E-state index < -0.39 is 11.9 Å². The molecule has 0 atom stereocenters. The first kappa shape index (κ1) is 14.0. The van der Waals surface area contributed by atoms with Gasteiger partial charge in [-0.25, -0.2) is 4.79 Å². The Bertz CT molecular complexity index is 669. The monoisotopic (exact) mass is 290 g/mol. The highest BCUT2D eigenvalue weighted by Crippen LogP contribution is 2.23. The molecule has 5 nitrogen and oxygen atoms in total. The van der Waals surface area contributed by atoms with Gasteiger partial charge in [-0.15, -0.1) is 0 Å². The summed E-state index contributed by atoms with van der Waals surface area (Å²) in [6, 6.07) is 7.45. The largest absolute Gasteiger partial charge is 0.478 e. The summed E-state index contributed by atoms with van der Waals surface area (Å²) in [5, 5.41) is 11.8. The number of benzene rings is 1. The van der Waals surface area contributed by atoms with Gasteiger partial charge in [-0.2, -0.15) is 0 Å². The number of carbonyl (C=O) groups is 2. The van der Waals surface area contributed by atoms with E-state index in [1.165, 1.54) is 24.4 Å². The number of nitrogens with one attached hydrogen (secondary N) is 1. The van der Waals surface area contributed by atoms with Gasteiger partial charge < -0.3 is 10.4 Å². The van der Waals surface area contributed by atoms with E-state index in [1.54, 1.807) is 12.1 Å². The third kappa shape index (κ3) is 3.13. The molecule has 0 bridgehead atoms. The Labute approximate surface area is 120 Å². The molecule has 0 aliphatic carbocycles. The second-order valence-electron chi connectivity index (χ2n) is 4.14. The summed E-state index contributed by atoms with van der Waals surface area (Å²) < 4.78 is 0. The van der Waals surface area contributed by atoms with Crippen molar-refractivity contribution in [3.8, 4) is 0 Å². The summed E-state index contributed by atoms with van der Waals surface area (Å²) in [6.45, 7) is 1.81. The maximum absolute atomic E-state index is 12.0. The third-order valence-corrected chi connectivity index (χ3v) is 2.96. The van der Waals surface area contributed by atoms with Crippen LogP contribution in [0.4, 0.5) is 5.69 Å². The molecule has 0 unspecified atom stereocenters. The number of hydrogen-bond acceptors (Lipinski definition) is 3. The summed E-state index contributed by atoms with van der Waals surface area (Å²) in [5.74, 6) is -1.49. The van der Waals surface area contributed by atoms with E-state index >= 15 is 0 Å². The van der Waals surface area contributed by atoms with Crippen molar-refractivity contribution in [1.82, 2.24) is 4.98 Å². The van der Waals surface area contributed by atoms with Crippen molar-refractivity contribution in [3.05, 3.63) is 58.4 Å². The third-order valence-electron chi connectivity index (χ3n) is 2.64. The van der Waals surface area contributed by atoms with Gasteiger partial charge in [0.2, 0.25) is 0 Å². The van der Waals surface area contributed by atoms with E-state index in [0.717, 1.165) is 5.69 Å². The summed E-state index contributed by atoms with van der Waals surface area (Å²) in [6.07, 6.45) is 1.44. The fourth-order valence-electron chi connectivity index (χ4n) is 1.55. The van der Waals surface area contributed by atoms with Crippen LogP contribution >= 0.6 is 11.6 Å². The van der Waals surface area contributed by atoms with Crippen molar-refractivity contribution in [2.24, 2.45) is 0 Å². The first-order chi connectivity index (χ1) is 9.47. The van der Waals surface area contributed by atoms with Crippen molar-refractivity contribution in [2.75, 3.05) is 5.32 Å². The number of rotatable bonds is 3. The van der Waals surface area contributed by atoms with Gasteiger partial charge in [-0.1, -0.05) is 11.6 Å². The Hall–Kier alpha value is -2.40. The van der Waals surface area contributed by atoms with Gasteiger partial charge in [0.15, 0.2) is 0 Å². The van der Waals surface area contributed by atoms with Crippen LogP contribution in [0.3, 0.4) is 0 Å². The molecule has 0 saturated heterocycles. The van der Waals surface area contributed by atoms with Gasteiger partial charge >= 0.3 is 5.97 Å². The molecule has 2 rings (SSSR count). The van der Waals surface area contributed by atoms with E-state index in [9.17, 15) is 9.59 Å². The van der Waals surface area contributed by atoms with E-state index in [-0.39, 0.29) is 16.3 Å². The van der Waals surface area contributed by atoms with Crippen molar-refractivity contribution in [2.45, 2.75) is 6.92 Å². The molecule has 0 fully saturated rings. The number of aromatic nitrogens is 1. The number of carboxylic acids is 1. The molecule has 0 aliphatic heterocycles. The van der Waals surface area contributed by atoms with Gasteiger partial charge in [0.1, 0.15) is 0 Å². The van der Waals surface area contributed by atoms with Crippen LogP contribution in [-0.2, 0) is 0 Å². The van der Waals surface area contributed by atoms with E-state index in [0.29, 0.717) is 5.56 Å². The molecule has 2 aromatic rings. The van der Waals surface area contributed by atoms with E-state index in [1.807, 2.05) is 6.92 Å². The van der Waals surface area contributed by atoms with Gasteiger partial charge in [-0.3, -0.25) is 9.78 Å². The lowest BCUT2D eigenvalue weighted by atomic mass is 10.2. The number of pyridine rings is 1. The topological polar surface area (TPSA) is 79.3 Å². The predicted octanol–water partition coefficient (Wildman–Crippen LogP) is 2.99. The smallest absolute Gasteiger partial charge is 0.335 e. The van der Waals surface area contributed by atoms with Crippen LogP contribution in [0.1, 0.15) is 26.4 Å². The maximum atomic E-state index is 12.0. The SMILES string of the molecule is Cc1ccc(C(=O)Nc2cc(C(=O)O)ccc2Cl)cn1. The van der Waals surface area contributed by atoms with Crippen molar-refractivity contribution in [1.29, 1.82) is 0 Å². The number of carbonyl (C=O) groups excluding carboxylic acids is 1. The number of anilines is 1. The Morgan fingerprint density at radius 3 is 2.50 bits per heavy atom. The number of amides is 1. The van der Waals surface area contributed by atoms with Crippen molar-refractivity contribution >= 4 is 29.2 Å². The van der Waals surface area contributed by atoms with Gasteiger partial charge in [0.05, 0.1) is 21.8 Å². The molecule has 6 heteroatoms. The van der Waals surface area contributed by atoms with Crippen LogP contribution in [0, 0.1) is 6.92 Å². The standard InChI is InChI=1S/C14H11ClN2O3/c1-8-2-3-10(7-16-8)13(18)17-12-6-9(14(19)20)4-5-11(12)15/h2-7H,1H3,(H,17,18)(H,19,20). The quantitative estimate of drug-likeness (QED) is 0.911. The highest BCUT2D eigenvalue weighted by molar-refractivity contribution is 6.34. The molecule has 102 valence electrons. The van der Waals surface area contributed by atoms with E-state index in [2.05, 4.69) is 10.3 Å². The molecule has 2 N–H and O–H groups in total. The van der Waals surface area contributed by atoms with Crippen LogP contribution in [-0.4, -0.2) is 22.0 Å². The fourth-order valence-corrected chi connectivity index (χ4v) is 1.72. The molecule has 1 amide bonds. The Morgan fingerprint density at radius 2 is 1.90 bits per heavy atom. The molecular weight excluding hydrogens is 280 g/mol. The zero-order valence-electron chi connectivity index (χ0n) is 10.6. The van der Waals surface area contributed by atoms with Crippen LogP contribution in [0.5, 0.6) is 0 Å². The minimum atomic E-state index is -1.09. The minimum Gasteiger partial charge on any atom is -0.478 e. The zero-order chi connectivity index (χ0) is 14.7. The Balaban J connectivity index is 2.25. The highest BCUT2D eigenvalue weighted by atomic mass is 35.5. The molecular formula is C14H11ClN2O3. The zero-order valence-corrected chi connectivity index (χ0v) is 11.3. The van der Waals surface area contributed by atoms with Gasteiger partial charge in [0.25, 0.3) is 5.91 Å². The highest BCUT2D eigenvalue weighted by Gasteiger charge is 2.11. The normalized spacial score (nSPS) is 10.1. The Morgan fingerprint density at radius 1 is 1.20 bits per heavy atom. The molecule has 0 aliphatic rings. The van der Waals surface area contributed by atoms with Crippen LogP contribution in [0.25, 0.3) is 0 Å². The first-order valence-corrected chi connectivity index (χ1v) is 6.12. The van der Waals surface area contributed by atoms with Crippen molar-refractivity contribution < 1.29 is 14.7 Å². The lowest BCUT2D eigenvalue weighted by Gasteiger charge is -2.08. The molecule has 1 heterocycles. The second kappa shape index (κ2) is 5.71. The van der Waals surface area contributed by atoms with Crippen LogP contribution in [0.15, 0.2) is 36.5 Å². The van der Waals surface area contributed by atoms with Gasteiger partial charge in [-0.05, 0) is 37.3 Å². The minimum absolute atomic E-state index is 0.0479. The average Bonchev–Trinajstić information content (AvgIpc) is 2.41. The molecule has 0 saturated carbocycles. The first-order valence-electron chi connectivity index (χ1n) is 5.74. The number of nitrogens with zero attached hydrogens (tertiary/aromatic N) is 1. The predicted molar refractivity (Wildman–Crippen MR) is 75.3 cm³/mol. The second-order valence-corrected chi connectivity index (χ2v) is 4.55. The van der Waals surface area contributed by atoms with Crippen LogP contribution < -0.4 is 5.32 Å². The summed E-state index contributed by atoms with van der Waals surface area (Å²) >= 11 is 5.93. The number of aromatic carboxylic acids is 1. The lowest BCUT2D eigenvalue weighted by Crippen LogP contribution is -2.13. The number of aryl methyl sites for hydroxylation is 1. The summed E-state index contributed by atoms with van der Waals surface area (Å²) in [4.78, 5) is 26.9. The molecule has 20 heavy (non-hydrogen) atoms. The summed E-state index contributed by atoms with van der Waals surface area (Å²) in [5.41, 5.74) is 1.46. The maximum Gasteiger partial charge on any atom is 0.335 e. The molecule has 1 aromatic carbocycles. The van der Waals surface area contributed by atoms with Gasteiger partial charge in [0, 0.05) is 11.9 Å². The Kier molecular flexibility index (Phi) is 4.00. The lowest BCUT2D eigenvalue weighted by molar-refractivity contribution is 0.0696. The number of carboxylic acid groups (broad SMARTS) is 1. The average molecular weight is 291 g/mol. The summed E-state index contributed by atoms with van der Waals surface area (Å²) in [7, 11) is 0. The fraction of sp³-hybridized carbons (Fsp3) is 0.0714. The number of halogens is 1. The molecule has 0 spiro atoms. The molecule has 0 radical (unpaired) electrons.